The van der Waals surface area contributed by atoms with Gasteiger partial charge in [-0.1, -0.05) is 56.5 Å². The van der Waals surface area contributed by atoms with Gasteiger partial charge in [0.25, 0.3) is 0 Å². The Bertz CT molecular complexity index is 593. The zero-order valence-corrected chi connectivity index (χ0v) is 16.5. The number of aliphatic hydroxyl groups is 1. The van der Waals surface area contributed by atoms with Crippen LogP contribution in [0.2, 0.25) is 0 Å². The van der Waals surface area contributed by atoms with Crippen molar-refractivity contribution in [3.8, 4) is 0 Å². The molecule has 1 aromatic rings. The van der Waals surface area contributed by atoms with E-state index in [9.17, 15) is 14.7 Å². The highest BCUT2D eigenvalue weighted by atomic mass is 16.6. The molecule has 1 aliphatic rings. The number of aliphatic hydroxyl groups excluding tert-OH is 1. The third kappa shape index (κ3) is 6.24. The second kappa shape index (κ2) is 10.9. The Morgan fingerprint density at radius 2 is 1.93 bits per heavy atom. The minimum absolute atomic E-state index is 0.0952. The fraction of sp³-hybridized carbons (Fsp3) is 0.619. The molecule has 6 nitrogen and oxygen atoms in total. The number of carbonyl (C=O) groups is 2. The van der Waals surface area contributed by atoms with Crippen molar-refractivity contribution >= 4 is 12.0 Å². The van der Waals surface area contributed by atoms with Gasteiger partial charge >= 0.3 is 6.09 Å². The van der Waals surface area contributed by atoms with Crippen LogP contribution >= 0.6 is 0 Å². The number of likely N-dealkylation sites (tertiary alicyclic amines) is 1. The zero-order chi connectivity index (χ0) is 19.6. The van der Waals surface area contributed by atoms with E-state index in [4.69, 9.17) is 4.74 Å². The summed E-state index contributed by atoms with van der Waals surface area (Å²) < 4.78 is 5.37. The molecule has 1 heterocycles. The molecule has 0 bridgehead atoms. The molecule has 1 unspecified atom stereocenters. The molecule has 0 radical (unpaired) electrons. The summed E-state index contributed by atoms with van der Waals surface area (Å²) in [5.74, 6) is -0.0952. The normalized spacial score (nSPS) is 19.1. The lowest BCUT2D eigenvalue weighted by Crippen LogP contribution is -2.48. The van der Waals surface area contributed by atoms with Crippen LogP contribution in [0.25, 0.3) is 0 Å². The number of hydrogen-bond donors (Lipinski definition) is 1. The van der Waals surface area contributed by atoms with Gasteiger partial charge in [0, 0.05) is 19.5 Å². The first-order valence-corrected chi connectivity index (χ1v) is 10.0. The quantitative estimate of drug-likeness (QED) is 0.672. The van der Waals surface area contributed by atoms with Crippen molar-refractivity contribution in [1.82, 2.24) is 9.80 Å². The summed E-state index contributed by atoms with van der Waals surface area (Å²) in [5.41, 5.74) is 0.889. The Balaban J connectivity index is 1.94. The van der Waals surface area contributed by atoms with Crippen LogP contribution in [0.5, 0.6) is 0 Å². The zero-order valence-electron chi connectivity index (χ0n) is 16.5. The first-order chi connectivity index (χ1) is 13.1. The highest BCUT2D eigenvalue weighted by Gasteiger charge is 2.41. The van der Waals surface area contributed by atoms with E-state index in [1.807, 2.05) is 37.3 Å². The fourth-order valence-corrected chi connectivity index (χ4v) is 3.42. The minimum atomic E-state index is -0.693. The monoisotopic (exact) mass is 376 g/mol. The summed E-state index contributed by atoms with van der Waals surface area (Å²) in [6, 6.07) is 8.78. The third-order valence-corrected chi connectivity index (χ3v) is 4.98. The van der Waals surface area contributed by atoms with E-state index in [-0.39, 0.29) is 25.5 Å². The maximum Gasteiger partial charge on any atom is 0.410 e. The van der Waals surface area contributed by atoms with Crippen LogP contribution in [0, 0.1) is 0 Å². The Morgan fingerprint density at radius 3 is 2.59 bits per heavy atom. The number of benzene rings is 1. The van der Waals surface area contributed by atoms with Gasteiger partial charge in [0.1, 0.15) is 12.6 Å². The molecule has 27 heavy (non-hydrogen) atoms. The first-order valence-electron chi connectivity index (χ1n) is 10.0. The molecule has 0 saturated carbocycles. The molecule has 2 atom stereocenters. The van der Waals surface area contributed by atoms with Crippen LogP contribution in [-0.4, -0.2) is 58.7 Å². The smallest absolute Gasteiger partial charge is 0.410 e. The maximum atomic E-state index is 12.9. The van der Waals surface area contributed by atoms with E-state index >= 15 is 0 Å². The maximum absolute atomic E-state index is 12.9. The van der Waals surface area contributed by atoms with Crippen LogP contribution in [0.3, 0.4) is 0 Å². The number of carbonyl (C=O) groups excluding carboxylic acids is 2. The highest BCUT2D eigenvalue weighted by Crippen LogP contribution is 2.22. The second-order valence-corrected chi connectivity index (χ2v) is 7.08. The topological polar surface area (TPSA) is 70.1 Å². The van der Waals surface area contributed by atoms with Gasteiger partial charge in [-0.15, -0.1) is 0 Å². The van der Waals surface area contributed by atoms with Crippen molar-refractivity contribution in [1.29, 1.82) is 0 Å². The molecule has 1 fully saturated rings. The second-order valence-electron chi connectivity index (χ2n) is 7.08. The molecule has 2 rings (SSSR count). The molecule has 2 amide bonds. The molecule has 0 aromatic heterocycles. The Labute approximate surface area is 162 Å². The van der Waals surface area contributed by atoms with Crippen molar-refractivity contribution in [2.75, 3.05) is 19.6 Å². The van der Waals surface area contributed by atoms with Crippen LogP contribution in [0.4, 0.5) is 4.79 Å². The van der Waals surface area contributed by atoms with Gasteiger partial charge in [0.05, 0.1) is 12.6 Å². The average Bonchev–Trinajstić information content (AvgIpc) is 3.08. The van der Waals surface area contributed by atoms with Gasteiger partial charge in [0.15, 0.2) is 0 Å². The van der Waals surface area contributed by atoms with Crippen LogP contribution < -0.4 is 0 Å². The molecule has 1 aliphatic heterocycles. The predicted molar refractivity (Wildman–Crippen MR) is 104 cm³/mol. The van der Waals surface area contributed by atoms with Crippen LogP contribution in [-0.2, 0) is 16.1 Å². The highest BCUT2D eigenvalue weighted by molar-refractivity contribution is 5.86. The summed E-state index contributed by atoms with van der Waals surface area (Å²) >= 11 is 0. The summed E-state index contributed by atoms with van der Waals surface area (Å²) in [4.78, 5) is 28.6. The summed E-state index contributed by atoms with van der Waals surface area (Å²) in [5, 5.41) is 10.0. The van der Waals surface area contributed by atoms with Gasteiger partial charge in [-0.3, -0.25) is 9.69 Å². The van der Waals surface area contributed by atoms with Crippen molar-refractivity contribution in [3.63, 3.8) is 0 Å². The van der Waals surface area contributed by atoms with E-state index in [2.05, 4.69) is 6.92 Å². The van der Waals surface area contributed by atoms with E-state index in [1.165, 1.54) is 4.90 Å². The average molecular weight is 376 g/mol. The molecule has 1 aromatic carbocycles. The lowest BCUT2D eigenvalue weighted by molar-refractivity contribution is -0.135. The molecule has 0 spiro atoms. The molecular weight excluding hydrogens is 344 g/mol. The molecular formula is C21H32N2O4. The summed E-state index contributed by atoms with van der Waals surface area (Å²) in [7, 11) is 0. The molecule has 1 saturated heterocycles. The Kier molecular flexibility index (Phi) is 8.58. The van der Waals surface area contributed by atoms with Gasteiger partial charge < -0.3 is 14.7 Å². The predicted octanol–water partition coefficient (Wildman–Crippen LogP) is 3.19. The van der Waals surface area contributed by atoms with Crippen molar-refractivity contribution in [3.05, 3.63) is 35.9 Å². The van der Waals surface area contributed by atoms with Gasteiger partial charge in [0.2, 0.25) is 5.91 Å². The number of likely N-dealkylation sites (N-methyl/N-ethyl adjacent to an activating group) is 1. The first kappa shape index (κ1) is 21.2. The fourth-order valence-electron chi connectivity index (χ4n) is 3.42. The van der Waals surface area contributed by atoms with Crippen molar-refractivity contribution < 1.29 is 19.4 Å². The lowest BCUT2D eigenvalue weighted by Gasteiger charge is -2.29. The van der Waals surface area contributed by atoms with Gasteiger partial charge in [-0.05, 0) is 18.9 Å². The number of rotatable bonds is 9. The number of ether oxygens (including phenoxy) is 1. The number of hydrogen-bond acceptors (Lipinski definition) is 4. The standard InChI is InChI=1S/C21H32N2O4/c1-3-5-6-10-13-22(4-2)20(25)19-14-18(24)15-23(19)21(26)27-16-17-11-8-7-9-12-17/h7-9,11-12,18-19,24H,3-6,10,13-16H2,1-2H3/t18?,19-/m0/s1. The lowest BCUT2D eigenvalue weighted by atomic mass is 10.1. The third-order valence-electron chi connectivity index (χ3n) is 4.98. The minimum Gasteiger partial charge on any atom is -0.445 e. The van der Waals surface area contributed by atoms with Crippen molar-refractivity contribution in [2.24, 2.45) is 0 Å². The van der Waals surface area contributed by atoms with E-state index < -0.39 is 18.2 Å². The number of nitrogens with zero attached hydrogens (tertiary/aromatic N) is 2. The molecule has 1 N–H and O–H groups in total. The Morgan fingerprint density at radius 1 is 1.19 bits per heavy atom. The van der Waals surface area contributed by atoms with Gasteiger partial charge in [-0.2, -0.15) is 0 Å². The van der Waals surface area contributed by atoms with Crippen LogP contribution in [0.15, 0.2) is 30.3 Å². The summed E-state index contributed by atoms with van der Waals surface area (Å²) in [6.45, 7) is 5.68. The van der Waals surface area contributed by atoms with Crippen molar-refractivity contribution in [2.45, 2.75) is 64.7 Å². The number of β-amino-alcohol motifs (C(OH)–C–C–N with tert-alkyl or cyclic N) is 1. The SMILES string of the molecule is CCCCCCN(CC)C(=O)[C@@H]1CC(O)CN1C(=O)OCc1ccccc1. The van der Waals surface area contributed by atoms with E-state index in [1.54, 1.807) is 4.90 Å². The number of amides is 2. The Hall–Kier alpha value is -2.08. The van der Waals surface area contributed by atoms with Crippen LogP contribution in [0.1, 0.15) is 51.5 Å². The van der Waals surface area contributed by atoms with E-state index in [0.29, 0.717) is 13.1 Å². The largest absolute Gasteiger partial charge is 0.445 e. The molecule has 150 valence electrons. The molecule has 0 aliphatic carbocycles. The van der Waals surface area contributed by atoms with Gasteiger partial charge in [-0.25, -0.2) is 4.79 Å². The molecule has 6 heteroatoms. The van der Waals surface area contributed by atoms with E-state index in [0.717, 1.165) is 31.2 Å². The number of unbranched alkanes of at least 4 members (excludes halogenated alkanes) is 3. The summed E-state index contributed by atoms with van der Waals surface area (Å²) in [6.07, 6.45) is 3.39.